The molecule has 1 aromatic carbocycles. The molecule has 6 heteroatoms. The molecule has 1 aromatic rings. The molecule has 13 heavy (non-hydrogen) atoms. The van der Waals surface area contributed by atoms with Crippen LogP contribution in [0.5, 0.6) is 0 Å². The second-order valence-electron chi connectivity index (χ2n) is 2.49. The van der Waals surface area contributed by atoms with E-state index in [4.69, 9.17) is 28.2 Å². The van der Waals surface area contributed by atoms with Crippen molar-refractivity contribution in [2.45, 2.75) is 0 Å². The lowest BCUT2D eigenvalue weighted by atomic mass is 10.1. The highest BCUT2D eigenvalue weighted by atomic mass is 14.9. The number of anilines is 5. The van der Waals surface area contributed by atoms with E-state index in [0.29, 0.717) is 11.4 Å². The number of nitrogens with zero attached hydrogens (tertiary/aromatic N) is 1. The molecule has 1 rings (SSSR count). The third-order valence-electron chi connectivity index (χ3n) is 1.65. The first kappa shape index (κ1) is 8.80. The molecule has 0 aromatic heterocycles. The van der Waals surface area contributed by atoms with E-state index in [2.05, 4.69) is 5.32 Å². The van der Waals surface area contributed by atoms with Crippen LogP contribution in [-0.4, -0.2) is 0 Å². The molecule has 9 N–H and O–H groups in total. The largest absolute Gasteiger partial charge is 0.397 e. The molecule has 0 aliphatic heterocycles. The van der Waals surface area contributed by atoms with Gasteiger partial charge in [-0.3, -0.25) is 5.32 Å². The Morgan fingerprint density at radius 3 is 1.92 bits per heavy atom. The highest BCUT2D eigenvalue weighted by Crippen LogP contribution is 2.35. The Morgan fingerprint density at radius 1 is 1.08 bits per heavy atom. The van der Waals surface area contributed by atoms with E-state index in [1.807, 2.05) is 0 Å². The maximum absolute atomic E-state index is 8.40. The van der Waals surface area contributed by atoms with E-state index >= 15 is 0 Å². The highest BCUT2D eigenvalue weighted by molar-refractivity contribution is 5.95. The summed E-state index contributed by atoms with van der Waals surface area (Å²) in [5, 5.41) is 10.7. The summed E-state index contributed by atoms with van der Waals surface area (Å²) in [6, 6.07) is 1.45. The van der Waals surface area contributed by atoms with Crippen LogP contribution in [-0.2, 0) is 0 Å². The fourth-order valence-electron chi connectivity index (χ4n) is 0.947. The van der Waals surface area contributed by atoms with Crippen LogP contribution >= 0.6 is 0 Å². The van der Waals surface area contributed by atoms with Gasteiger partial charge in [-0.2, -0.15) is 5.26 Å². The van der Waals surface area contributed by atoms with Gasteiger partial charge in [0.1, 0.15) is 0 Å². The monoisotopic (exact) mass is 178 g/mol. The van der Waals surface area contributed by atoms with Crippen LogP contribution in [0.25, 0.3) is 0 Å². The average Bonchev–Trinajstić information content (AvgIpc) is 2.09. The molecule has 0 aliphatic carbocycles. The van der Waals surface area contributed by atoms with Gasteiger partial charge in [0.2, 0.25) is 0 Å². The summed E-state index contributed by atoms with van der Waals surface area (Å²) in [5.74, 6) is 0. The van der Waals surface area contributed by atoms with Crippen molar-refractivity contribution in [2.24, 2.45) is 0 Å². The van der Waals surface area contributed by atoms with Crippen molar-refractivity contribution in [1.82, 2.24) is 0 Å². The van der Waals surface area contributed by atoms with E-state index in [1.54, 1.807) is 6.19 Å². The summed E-state index contributed by atoms with van der Waals surface area (Å²) in [5.41, 5.74) is 23.5. The lowest BCUT2D eigenvalue weighted by Crippen LogP contribution is -2.06. The minimum Gasteiger partial charge on any atom is -0.397 e. The summed E-state index contributed by atoms with van der Waals surface area (Å²) in [4.78, 5) is 0. The van der Waals surface area contributed by atoms with E-state index in [1.165, 1.54) is 6.07 Å². The fraction of sp³-hybridized carbons (Fsp3) is 0. The number of hydrogen-bond donors (Lipinski definition) is 5. The van der Waals surface area contributed by atoms with E-state index in [0.717, 1.165) is 0 Å². The maximum Gasteiger partial charge on any atom is 0.181 e. The lowest BCUT2D eigenvalue weighted by Gasteiger charge is -2.11. The van der Waals surface area contributed by atoms with Crippen molar-refractivity contribution in [3.05, 3.63) is 6.07 Å². The Morgan fingerprint density at radius 2 is 1.54 bits per heavy atom. The van der Waals surface area contributed by atoms with E-state index < -0.39 is 0 Å². The Kier molecular flexibility index (Phi) is 2.02. The first-order chi connectivity index (χ1) is 6.07. The smallest absolute Gasteiger partial charge is 0.181 e. The zero-order valence-electron chi connectivity index (χ0n) is 6.83. The summed E-state index contributed by atoms with van der Waals surface area (Å²) in [6.07, 6.45) is 1.70. The number of rotatable bonds is 1. The zero-order chi connectivity index (χ0) is 10.0. The normalized spacial score (nSPS) is 9.15. The summed E-state index contributed by atoms with van der Waals surface area (Å²) < 4.78 is 0. The average molecular weight is 178 g/mol. The number of hydrogen-bond acceptors (Lipinski definition) is 6. The van der Waals surface area contributed by atoms with E-state index in [-0.39, 0.29) is 17.1 Å². The molecule has 0 fully saturated rings. The Labute approximate surface area is 75.1 Å². The molecule has 0 bridgehead atoms. The predicted octanol–water partition coefficient (Wildman–Crippen LogP) is -0.0916. The second-order valence-corrected chi connectivity index (χ2v) is 2.49. The number of nitrogens with two attached hydrogens (primary N) is 4. The van der Waals surface area contributed by atoms with Gasteiger partial charge in [-0.05, 0) is 6.07 Å². The second kappa shape index (κ2) is 2.98. The minimum absolute atomic E-state index is 0.230. The predicted molar refractivity (Wildman–Crippen MR) is 53.3 cm³/mol. The summed E-state index contributed by atoms with van der Waals surface area (Å²) in [7, 11) is 0. The van der Waals surface area contributed by atoms with Crippen molar-refractivity contribution >= 4 is 28.4 Å². The quantitative estimate of drug-likeness (QED) is 0.231. The van der Waals surface area contributed by atoms with Gasteiger partial charge in [0.15, 0.2) is 6.19 Å². The van der Waals surface area contributed by atoms with Crippen LogP contribution < -0.4 is 28.3 Å². The van der Waals surface area contributed by atoms with Crippen molar-refractivity contribution in [2.75, 3.05) is 28.3 Å². The maximum atomic E-state index is 8.40. The van der Waals surface area contributed by atoms with Crippen LogP contribution in [0.15, 0.2) is 6.07 Å². The van der Waals surface area contributed by atoms with Gasteiger partial charge >= 0.3 is 0 Å². The van der Waals surface area contributed by atoms with Gasteiger partial charge in [-0.15, -0.1) is 0 Å². The van der Waals surface area contributed by atoms with Crippen molar-refractivity contribution in [3.8, 4) is 6.19 Å². The molecule has 0 spiro atoms. The van der Waals surface area contributed by atoms with Gasteiger partial charge < -0.3 is 22.9 Å². The summed E-state index contributed by atoms with van der Waals surface area (Å²) >= 11 is 0. The SMILES string of the molecule is N#CNc1c(N)c(N)cc(N)c1N. The first-order valence-electron chi connectivity index (χ1n) is 3.46. The molecule has 6 nitrogen and oxygen atoms in total. The zero-order valence-corrected chi connectivity index (χ0v) is 6.83. The molecule has 0 saturated heterocycles. The Hall–Kier alpha value is -2.29. The van der Waals surface area contributed by atoms with Crippen LogP contribution in [0.3, 0.4) is 0 Å². The standard InChI is InChI=1S/C7H10N6/c8-2-13-7-5(11)3(9)1-4(10)6(7)12/h1,13H,9-12H2. The molecule has 0 radical (unpaired) electrons. The van der Waals surface area contributed by atoms with Gasteiger partial charge in [0, 0.05) is 0 Å². The van der Waals surface area contributed by atoms with Crippen molar-refractivity contribution < 1.29 is 0 Å². The van der Waals surface area contributed by atoms with Crippen LogP contribution in [0.2, 0.25) is 0 Å². The molecule has 0 saturated carbocycles. The van der Waals surface area contributed by atoms with Crippen molar-refractivity contribution in [3.63, 3.8) is 0 Å². The van der Waals surface area contributed by atoms with Gasteiger partial charge in [0.05, 0.1) is 28.4 Å². The molecule has 0 atom stereocenters. The molecule has 0 heterocycles. The Bertz CT molecular complexity index is 351. The van der Waals surface area contributed by atoms with E-state index in [9.17, 15) is 0 Å². The number of nitrogen functional groups attached to an aromatic ring is 4. The van der Waals surface area contributed by atoms with Crippen molar-refractivity contribution in [1.29, 1.82) is 5.26 Å². The number of nitrogens with one attached hydrogen (secondary N) is 1. The van der Waals surface area contributed by atoms with Gasteiger partial charge in [-0.25, -0.2) is 0 Å². The van der Waals surface area contributed by atoms with Crippen LogP contribution in [0.1, 0.15) is 0 Å². The third-order valence-corrected chi connectivity index (χ3v) is 1.65. The molecule has 68 valence electrons. The molecular formula is C7H10N6. The first-order valence-corrected chi connectivity index (χ1v) is 3.46. The molecule has 0 amide bonds. The lowest BCUT2D eigenvalue weighted by molar-refractivity contribution is 1.47. The number of nitriles is 1. The van der Waals surface area contributed by atoms with Crippen LogP contribution in [0.4, 0.5) is 28.4 Å². The molecule has 0 unspecified atom stereocenters. The molecular weight excluding hydrogens is 168 g/mol. The topological polar surface area (TPSA) is 140 Å². The van der Waals surface area contributed by atoms with Gasteiger partial charge in [-0.1, -0.05) is 0 Å². The molecule has 0 aliphatic rings. The Balaban J connectivity index is 3.39. The third kappa shape index (κ3) is 1.35. The number of benzene rings is 1. The summed E-state index contributed by atoms with van der Waals surface area (Å²) in [6.45, 7) is 0. The fourth-order valence-corrected chi connectivity index (χ4v) is 0.947. The highest BCUT2D eigenvalue weighted by Gasteiger charge is 2.09. The van der Waals surface area contributed by atoms with Gasteiger partial charge in [0.25, 0.3) is 0 Å². The van der Waals surface area contributed by atoms with Crippen LogP contribution in [0, 0.1) is 11.5 Å². The minimum atomic E-state index is 0.230.